The zero-order chi connectivity index (χ0) is 10.3. The van der Waals surface area contributed by atoms with Crippen molar-refractivity contribution in [3.63, 3.8) is 0 Å². The predicted molar refractivity (Wildman–Crippen MR) is 54.1 cm³/mol. The molecule has 0 radical (unpaired) electrons. The zero-order valence-corrected chi connectivity index (χ0v) is 8.86. The van der Waals surface area contributed by atoms with Crippen molar-refractivity contribution in [3.05, 3.63) is 0 Å². The van der Waals surface area contributed by atoms with E-state index < -0.39 is 11.5 Å². The number of nitrogens with one attached hydrogen (secondary N) is 1. The quantitative estimate of drug-likeness (QED) is 0.519. The molecule has 0 aliphatic rings. The molecule has 5 heteroatoms. The Morgan fingerprint density at radius 1 is 1.62 bits per heavy atom. The van der Waals surface area contributed by atoms with Crippen LogP contribution in [0, 0.1) is 0 Å². The van der Waals surface area contributed by atoms with Crippen LogP contribution in [0.25, 0.3) is 0 Å². The maximum absolute atomic E-state index is 10.9. The normalized spacial score (nSPS) is 15.3. The summed E-state index contributed by atoms with van der Waals surface area (Å²) in [5.74, 6) is 0.199. The number of hydrogen-bond acceptors (Lipinski definition) is 4. The molecule has 3 N–H and O–H groups in total. The second-order valence-electron chi connectivity index (χ2n) is 2.94. The van der Waals surface area contributed by atoms with Crippen LogP contribution in [0.3, 0.4) is 0 Å². The Hall–Kier alpha value is -0.260. The molecule has 0 rings (SSSR count). The van der Waals surface area contributed by atoms with Crippen molar-refractivity contribution in [2.24, 2.45) is 0 Å². The van der Waals surface area contributed by atoms with E-state index in [2.05, 4.69) is 5.32 Å². The largest absolute Gasteiger partial charge is 0.480 e. The van der Waals surface area contributed by atoms with Gasteiger partial charge in [0.25, 0.3) is 0 Å². The van der Waals surface area contributed by atoms with E-state index in [9.17, 15) is 4.79 Å². The molecule has 78 valence electrons. The highest BCUT2D eigenvalue weighted by Gasteiger charge is 2.31. The van der Waals surface area contributed by atoms with Gasteiger partial charge in [-0.3, -0.25) is 4.79 Å². The molecule has 0 fully saturated rings. The highest BCUT2D eigenvalue weighted by Crippen LogP contribution is 2.13. The van der Waals surface area contributed by atoms with Gasteiger partial charge in [0.15, 0.2) is 0 Å². The van der Waals surface area contributed by atoms with Gasteiger partial charge >= 0.3 is 5.97 Å². The van der Waals surface area contributed by atoms with E-state index in [-0.39, 0.29) is 6.61 Å². The Morgan fingerprint density at radius 2 is 2.23 bits per heavy atom. The molecule has 0 saturated heterocycles. The lowest BCUT2D eigenvalue weighted by molar-refractivity contribution is -0.143. The van der Waals surface area contributed by atoms with Crippen LogP contribution in [0.15, 0.2) is 0 Å². The standard InChI is InChI=1S/C8H17NO3S/c1-3-9-8(2,7(11)12)6-13-5-4-10/h9-10H,3-6H2,1-2H3,(H,11,12). The second kappa shape index (κ2) is 6.23. The number of aliphatic carboxylic acids is 1. The molecule has 0 aromatic rings. The van der Waals surface area contributed by atoms with Crippen LogP contribution in [0.4, 0.5) is 0 Å². The van der Waals surface area contributed by atoms with E-state index in [1.807, 2.05) is 6.92 Å². The lowest BCUT2D eigenvalue weighted by Gasteiger charge is -2.25. The first-order valence-electron chi connectivity index (χ1n) is 4.24. The molecule has 0 aromatic carbocycles. The summed E-state index contributed by atoms with van der Waals surface area (Å²) >= 11 is 1.44. The van der Waals surface area contributed by atoms with Crippen molar-refractivity contribution in [2.45, 2.75) is 19.4 Å². The molecule has 0 saturated carbocycles. The van der Waals surface area contributed by atoms with E-state index in [4.69, 9.17) is 10.2 Å². The number of likely N-dealkylation sites (N-methyl/N-ethyl adjacent to an activating group) is 1. The van der Waals surface area contributed by atoms with Crippen molar-refractivity contribution in [1.29, 1.82) is 0 Å². The molecule has 0 heterocycles. The monoisotopic (exact) mass is 207 g/mol. The first kappa shape index (κ1) is 12.7. The molecule has 0 aliphatic heterocycles. The number of rotatable bonds is 7. The number of hydrogen-bond donors (Lipinski definition) is 3. The Morgan fingerprint density at radius 3 is 2.62 bits per heavy atom. The summed E-state index contributed by atoms with van der Waals surface area (Å²) in [5, 5.41) is 20.4. The summed E-state index contributed by atoms with van der Waals surface area (Å²) in [5.41, 5.74) is -0.880. The highest BCUT2D eigenvalue weighted by molar-refractivity contribution is 7.99. The molecular weight excluding hydrogens is 190 g/mol. The van der Waals surface area contributed by atoms with Crippen LogP contribution in [-0.4, -0.2) is 46.4 Å². The molecule has 1 unspecified atom stereocenters. The summed E-state index contributed by atoms with van der Waals surface area (Å²) in [6.45, 7) is 4.25. The number of aliphatic hydroxyl groups excluding tert-OH is 1. The molecule has 0 spiro atoms. The lowest BCUT2D eigenvalue weighted by atomic mass is 10.1. The van der Waals surface area contributed by atoms with Gasteiger partial charge in [0, 0.05) is 11.5 Å². The second-order valence-corrected chi connectivity index (χ2v) is 4.05. The van der Waals surface area contributed by atoms with Crippen LogP contribution in [0.1, 0.15) is 13.8 Å². The van der Waals surface area contributed by atoms with Crippen LogP contribution in [0.2, 0.25) is 0 Å². The van der Waals surface area contributed by atoms with Crippen molar-refractivity contribution >= 4 is 17.7 Å². The molecular formula is C8H17NO3S. The van der Waals surface area contributed by atoms with Crippen molar-refractivity contribution in [2.75, 3.05) is 24.7 Å². The predicted octanol–water partition coefficient (Wildman–Crippen LogP) is 0.165. The van der Waals surface area contributed by atoms with Crippen LogP contribution in [0.5, 0.6) is 0 Å². The van der Waals surface area contributed by atoms with E-state index in [1.54, 1.807) is 6.92 Å². The van der Waals surface area contributed by atoms with Crippen molar-refractivity contribution < 1.29 is 15.0 Å². The van der Waals surface area contributed by atoms with Gasteiger partial charge in [-0.25, -0.2) is 0 Å². The molecule has 1 atom stereocenters. The third-order valence-corrected chi connectivity index (χ3v) is 2.92. The van der Waals surface area contributed by atoms with E-state index in [0.717, 1.165) is 0 Å². The molecule has 0 aromatic heterocycles. The SMILES string of the molecule is CCNC(C)(CSCCO)C(=O)O. The molecule has 0 amide bonds. The Labute approximate surface area is 82.7 Å². The van der Waals surface area contributed by atoms with Crippen molar-refractivity contribution in [1.82, 2.24) is 5.32 Å². The van der Waals surface area contributed by atoms with Crippen LogP contribution >= 0.6 is 11.8 Å². The van der Waals surface area contributed by atoms with Crippen LogP contribution < -0.4 is 5.32 Å². The summed E-state index contributed by atoms with van der Waals surface area (Å²) < 4.78 is 0. The maximum atomic E-state index is 10.9. The fraction of sp³-hybridized carbons (Fsp3) is 0.875. The molecule has 13 heavy (non-hydrogen) atoms. The minimum Gasteiger partial charge on any atom is -0.480 e. The maximum Gasteiger partial charge on any atom is 0.324 e. The lowest BCUT2D eigenvalue weighted by Crippen LogP contribution is -2.51. The van der Waals surface area contributed by atoms with Gasteiger partial charge in [-0.2, -0.15) is 11.8 Å². The average molecular weight is 207 g/mol. The minimum absolute atomic E-state index is 0.0898. The first-order valence-corrected chi connectivity index (χ1v) is 5.39. The minimum atomic E-state index is -0.880. The summed E-state index contributed by atoms with van der Waals surface area (Å²) in [4.78, 5) is 10.9. The van der Waals surface area contributed by atoms with Gasteiger partial charge < -0.3 is 15.5 Å². The van der Waals surface area contributed by atoms with Gasteiger partial charge in [-0.1, -0.05) is 6.92 Å². The number of aliphatic hydroxyl groups is 1. The van der Waals surface area contributed by atoms with E-state index in [0.29, 0.717) is 18.1 Å². The van der Waals surface area contributed by atoms with Gasteiger partial charge in [-0.05, 0) is 13.5 Å². The topological polar surface area (TPSA) is 69.6 Å². The third kappa shape index (κ3) is 4.50. The first-order chi connectivity index (χ1) is 6.06. The third-order valence-electron chi connectivity index (χ3n) is 1.67. The fourth-order valence-electron chi connectivity index (χ4n) is 0.919. The molecule has 0 aliphatic carbocycles. The number of thioether (sulfide) groups is 1. The van der Waals surface area contributed by atoms with Gasteiger partial charge in [0.1, 0.15) is 5.54 Å². The van der Waals surface area contributed by atoms with E-state index >= 15 is 0 Å². The van der Waals surface area contributed by atoms with Crippen molar-refractivity contribution in [3.8, 4) is 0 Å². The number of carboxylic acid groups (broad SMARTS) is 1. The fourth-order valence-corrected chi connectivity index (χ4v) is 1.83. The van der Waals surface area contributed by atoms with Gasteiger partial charge in [-0.15, -0.1) is 0 Å². The molecule has 4 nitrogen and oxygen atoms in total. The Kier molecular flexibility index (Phi) is 6.11. The summed E-state index contributed by atoms with van der Waals surface area (Å²) in [6, 6.07) is 0. The average Bonchev–Trinajstić information content (AvgIpc) is 2.05. The smallest absolute Gasteiger partial charge is 0.324 e. The zero-order valence-electron chi connectivity index (χ0n) is 8.04. The molecule has 0 bridgehead atoms. The van der Waals surface area contributed by atoms with Gasteiger partial charge in [0.2, 0.25) is 0 Å². The Bertz CT molecular complexity index is 165. The van der Waals surface area contributed by atoms with Crippen LogP contribution in [-0.2, 0) is 4.79 Å². The highest BCUT2D eigenvalue weighted by atomic mass is 32.2. The number of carboxylic acids is 1. The summed E-state index contributed by atoms with van der Waals surface area (Å²) in [6.07, 6.45) is 0. The number of carbonyl (C=O) groups is 1. The summed E-state index contributed by atoms with van der Waals surface area (Å²) in [7, 11) is 0. The van der Waals surface area contributed by atoms with E-state index in [1.165, 1.54) is 11.8 Å². The van der Waals surface area contributed by atoms with Gasteiger partial charge in [0.05, 0.1) is 6.61 Å². The Balaban J connectivity index is 4.00.